The van der Waals surface area contributed by atoms with Gasteiger partial charge in [0.05, 0.1) is 6.61 Å². The standard InChI is InChI=1S/C21H23N3O2/c1-13-6-7-15(12-14(13)2)21-23-20(24-26-21)18-5-3-4-17-16(18)8-9-19(17)22-10-11-25/h3-7,12,19,22,25H,8-11H2,1-2H3. The molecule has 1 unspecified atom stereocenters. The van der Waals surface area contributed by atoms with Gasteiger partial charge in [-0.2, -0.15) is 4.98 Å². The highest BCUT2D eigenvalue weighted by Gasteiger charge is 2.26. The maximum atomic E-state index is 9.06. The topological polar surface area (TPSA) is 71.2 Å². The number of nitrogens with one attached hydrogen (secondary N) is 1. The van der Waals surface area contributed by atoms with Crippen LogP contribution in [0.15, 0.2) is 40.9 Å². The lowest BCUT2D eigenvalue weighted by Gasteiger charge is -2.13. The van der Waals surface area contributed by atoms with E-state index in [-0.39, 0.29) is 12.6 Å². The third-order valence-corrected chi connectivity index (χ3v) is 5.19. The van der Waals surface area contributed by atoms with Crippen molar-refractivity contribution in [1.29, 1.82) is 0 Å². The second-order valence-electron chi connectivity index (χ2n) is 6.86. The van der Waals surface area contributed by atoms with E-state index in [1.807, 2.05) is 12.1 Å². The summed E-state index contributed by atoms with van der Waals surface area (Å²) in [5.41, 5.74) is 6.98. The SMILES string of the molecule is Cc1ccc(-c2nc(-c3cccc4c3CCC4NCCO)no2)cc1C. The highest BCUT2D eigenvalue weighted by atomic mass is 16.5. The summed E-state index contributed by atoms with van der Waals surface area (Å²) < 4.78 is 5.54. The number of aryl methyl sites for hydroxylation is 2. The molecular weight excluding hydrogens is 326 g/mol. The van der Waals surface area contributed by atoms with Gasteiger partial charge in [0.2, 0.25) is 5.82 Å². The van der Waals surface area contributed by atoms with Crippen molar-refractivity contribution in [3.05, 3.63) is 58.7 Å². The van der Waals surface area contributed by atoms with Gasteiger partial charge in [0, 0.05) is 23.7 Å². The van der Waals surface area contributed by atoms with Gasteiger partial charge >= 0.3 is 0 Å². The quantitative estimate of drug-likeness (QED) is 0.736. The number of benzene rings is 2. The molecule has 3 aromatic rings. The van der Waals surface area contributed by atoms with Crippen LogP contribution in [0.25, 0.3) is 22.8 Å². The van der Waals surface area contributed by atoms with Crippen molar-refractivity contribution in [3.63, 3.8) is 0 Å². The van der Waals surface area contributed by atoms with Gasteiger partial charge in [-0.1, -0.05) is 29.4 Å². The lowest BCUT2D eigenvalue weighted by atomic mass is 10.0. The molecule has 4 rings (SSSR count). The Hall–Kier alpha value is -2.50. The summed E-state index contributed by atoms with van der Waals surface area (Å²) in [5, 5.41) is 16.7. The second kappa shape index (κ2) is 7.02. The van der Waals surface area contributed by atoms with Crippen molar-refractivity contribution in [2.75, 3.05) is 13.2 Å². The third kappa shape index (κ3) is 3.04. The van der Waals surface area contributed by atoms with E-state index in [0.29, 0.717) is 18.3 Å². The minimum atomic E-state index is 0.149. The number of rotatable bonds is 5. The summed E-state index contributed by atoms with van der Waals surface area (Å²) in [7, 11) is 0. The van der Waals surface area contributed by atoms with Crippen molar-refractivity contribution >= 4 is 0 Å². The second-order valence-corrected chi connectivity index (χ2v) is 6.86. The Kier molecular flexibility index (Phi) is 4.57. The largest absolute Gasteiger partial charge is 0.395 e. The van der Waals surface area contributed by atoms with Crippen LogP contribution in [0, 0.1) is 13.8 Å². The van der Waals surface area contributed by atoms with E-state index in [2.05, 4.69) is 53.6 Å². The zero-order valence-corrected chi connectivity index (χ0v) is 15.1. The van der Waals surface area contributed by atoms with Gasteiger partial charge in [-0.25, -0.2) is 0 Å². The zero-order chi connectivity index (χ0) is 18.1. The highest BCUT2D eigenvalue weighted by molar-refractivity contribution is 5.66. The van der Waals surface area contributed by atoms with E-state index in [9.17, 15) is 0 Å². The Labute approximate surface area is 153 Å². The Morgan fingerprint density at radius 2 is 2.08 bits per heavy atom. The summed E-state index contributed by atoms with van der Waals surface area (Å²) in [6.45, 7) is 4.93. The Morgan fingerprint density at radius 3 is 2.88 bits per heavy atom. The molecule has 0 bridgehead atoms. The first-order chi connectivity index (χ1) is 12.7. The van der Waals surface area contributed by atoms with E-state index in [1.54, 1.807) is 0 Å². The van der Waals surface area contributed by atoms with Crippen LogP contribution in [0.1, 0.15) is 34.7 Å². The average Bonchev–Trinajstić information content (AvgIpc) is 3.29. The summed E-state index contributed by atoms with van der Waals surface area (Å²) in [5.74, 6) is 1.19. The molecule has 0 spiro atoms. The molecule has 0 aliphatic heterocycles. The molecule has 26 heavy (non-hydrogen) atoms. The molecule has 0 radical (unpaired) electrons. The minimum absolute atomic E-state index is 0.149. The molecule has 0 fully saturated rings. The molecule has 134 valence electrons. The van der Waals surface area contributed by atoms with Crippen molar-refractivity contribution in [3.8, 4) is 22.8 Å². The summed E-state index contributed by atoms with van der Waals surface area (Å²) in [6, 6.07) is 12.7. The van der Waals surface area contributed by atoms with Crippen molar-refractivity contribution in [1.82, 2.24) is 15.5 Å². The zero-order valence-electron chi connectivity index (χ0n) is 15.1. The Bertz CT molecular complexity index is 933. The molecule has 2 N–H and O–H groups in total. The lowest BCUT2D eigenvalue weighted by molar-refractivity contribution is 0.284. The molecule has 1 heterocycles. The van der Waals surface area contributed by atoms with Crippen LogP contribution in [0.5, 0.6) is 0 Å². The Morgan fingerprint density at radius 1 is 1.19 bits per heavy atom. The minimum Gasteiger partial charge on any atom is -0.395 e. The maximum Gasteiger partial charge on any atom is 0.258 e. The van der Waals surface area contributed by atoms with E-state index < -0.39 is 0 Å². The molecule has 2 aromatic carbocycles. The summed E-state index contributed by atoms with van der Waals surface area (Å²) in [4.78, 5) is 4.65. The van der Waals surface area contributed by atoms with E-state index in [0.717, 1.165) is 24.0 Å². The van der Waals surface area contributed by atoms with Crippen molar-refractivity contribution in [2.24, 2.45) is 0 Å². The Balaban J connectivity index is 1.66. The number of aliphatic hydroxyl groups is 1. The van der Waals surface area contributed by atoms with Crippen LogP contribution in [0.3, 0.4) is 0 Å². The van der Waals surface area contributed by atoms with Gasteiger partial charge < -0.3 is 14.9 Å². The maximum absolute atomic E-state index is 9.06. The van der Waals surface area contributed by atoms with Crippen LogP contribution >= 0.6 is 0 Å². The fraction of sp³-hybridized carbons (Fsp3) is 0.333. The van der Waals surface area contributed by atoms with Gasteiger partial charge in [0.25, 0.3) is 5.89 Å². The number of nitrogens with zero attached hydrogens (tertiary/aromatic N) is 2. The van der Waals surface area contributed by atoms with E-state index in [1.165, 1.54) is 22.3 Å². The molecule has 1 aliphatic carbocycles. The van der Waals surface area contributed by atoms with E-state index in [4.69, 9.17) is 9.63 Å². The fourth-order valence-electron chi connectivity index (χ4n) is 3.64. The third-order valence-electron chi connectivity index (χ3n) is 5.19. The number of hydrogen-bond acceptors (Lipinski definition) is 5. The highest BCUT2D eigenvalue weighted by Crippen LogP contribution is 2.37. The summed E-state index contributed by atoms with van der Waals surface area (Å²) >= 11 is 0. The molecule has 1 aromatic heterocycles. The predicted octanol–water partition coefficient (Wildman–Crippen LogP) is 3.59. The first kappa shape index (κ1) is 16.9. The van der Waals surface area contributed by atoms with Crippen LogP contribution in [0.2, 0.25) is 0 Å². The molecule has 0 saturated carbocycles. The molecule has 1 aliphatic rings. The monoisotopic (exact) mass is 349 g/mol. The first-order valence-corrected chi connectivity index (χ1v) is 9.05. The molecule has 5 nitrogen and oxygen atoms in total. The molecule has 1 atom stereocenters. The van der Waals surface area contributed by atoms with Gasteiger partial charge in [-0.3, -0.25) is 0 Å². The number of aliphatic hydroxyl groups excluding tert-OH is 1. The first-order valence-electron chi connectivity index (χ1n) is 9.05. The number of hydrogen-bond donors (Lipinski definition) is 2. The van der Waals surface area contributed by atoms with Gasteiger partial charge in [-0.15, -0.1) is 0 Å². The normalized spacial score (nSPS) is 16.0. The number of aromatic nitrogens is 2. The number of fused-ring (bicyclic) bond motifs is 1. The van der Waals surface area contributed by atoms with Crippen molar-refractivity contribution in [2.45, 2.75) is 32.7 Å². The van der Waals surface area contributed by atoms with Gasteiger partial charge in [-0.05, 0) is 61.1 Å². The van der Waals surface area contributed by atoms with Crippen LogP contribution in [0.4, 0.5) is 0 Å². The molecule has 0 amide bonds. The lowest BCUT2D eigenvalue weighted by Crippen LogP contribution is -2.22. The van der Waals surface area contributed by atoms with Gasteiger partial charge in [0.15, 0.2) is 0 Å². The molecule has 0 saturated heterocycles. The predicted molar refractivity (Wildman–Crippen MR) is 101 cm³/mol. The van der Waals surface area contributed by atoms with E-state index >= 15 is 0 Å². The van der Waals surface area contributed by atoms with Crippen LogP contribution in [-0.4, -0.2) is 28.4 Å². The molecular formula is C21H23N3O2. The molecule has 5 heteroatoms. The van der Waals surface area contributed by atoms with Gasteiger partial charge in [0.1, 0.15) is 0 Å². The van der Waals surface area contributed by atoms with Crippen LogP contribution in [-0.2, 0) is 6.42 Å². The van der Waals surface area contributed by atoms with Crippen molar-refractivity contribution < 1.29 is 9.63 Å². The van der Waals surface area contributed by atoms with Crippen LogP contribution < -0.4 is 5.32 Å². The smallest absolute Gasteiger partial charge is 0.258 e. The summed E-state index contributed by atoms with van der Waals surface area (Å²) in [6.07, 6.45) is 2.00. The fourth-order valence-corrected chi connectivity index (χ4v) is 3.64. The average molecular weight is 349 g/mol.